The summed E-state index contributed by atoms with van der Waals surface area (Å²) in [7, 11) is 0. The van der Waals surface area contributed by atoms with Crippen molar-refractivity contribution < 1.29 is 14.9 Å². The smallest absolute Gasteiger partial charge is 0.0900 e. The maximum atomic E-state index is 10.0. The zero-order valence-electron chi connectivity index (χ0n) is 12.1. The zero-order valence-corrected chi connectivity index (χ0v) is 12.1. The van der Waals surface area contributed by atoms with Crippen molar-refractivity contribution in [2.24, 2.45) is 5.92 Å². The Balaban J connectivity index is 1.69. The number of β-amino-alcohol motifs (C(OH)–C–C–N with tert-alkyl or cyclic N) is 1. The van der Waals surface area contributed by atoms with Crippen molar-refractivity contribution in [3.05, 3.63) is 35.9 Å². The topological polar surface area (TPSA) is 52.9 Å². The molecule has 2 rings (SSSR count). The molecular weight excluding hydrogens is 254 g/mol. The van der Waals surface area contributed by atoms with Gasteiger partial charge in [-0.15, -0.1) is 0 Å². The largest absolute Gasteiger partial charge is 0.395 e. The lowest BCUT2D eigenvalue weighted by atomic mass is 10.0. The van der Waals surface area contributed by atoms with Crippen LogP contribution >= 0.6 is 0 Å². The first kappa shape index (κ1) is 15.4. The first-order chi connectivity index (χ1) is 9.70. The van der Waals surface area contributed by atoms with Crippen molar-refractivity contribution in [1.82, 2.24) is 4.90 Å². The molecule has 0 radical (unpaired) electrons. The van der Waals surface area contributed by atoms with E-state index in [9.17, 15) is 10.2 Å². The van der Waals surface area contributed by atoms with Crippen LogP contribution in [0.3, 0.4) is 0 Å². The molecule has 1 aromatic carbocycles. The van der Waals surface area contributed by atoms with Crippen LogP contribution in [0, 0.1) is 5.92 Å². The molecule has 1 aliphatic heterocycles. The van der Waals surface area contributed by atoms with E-state index in [0.29, 0.717) is 25.7 Å². The normalized spacial score (nSPS) is 24.9. The Morgan fingerprint density at radius 3 is 2.80 bits per heavy atom. The minimum absolute atomic E-state index is 0.165. The number of hydrogen-bond donors (Lipinski definition) is 2. The first-order valence-corrected chi connectivity index (χ1v) is 7.35. The van der Waals surface area contributed by atoms with Gasteiger partial charge in [0.15, 0.2) is 0 Å². The standard InChI is InChI=1S/C16H25NO3/c1-13-7-8-17(16(13)10-18)9-15(19)12-20-11-14-5-3-2-4-6-14/h2-6,13,15-16,18-19H,7-12H2,1H3. The second-order valence-corrected chi connectivity index (χ2v) is 5.67. The number of aliphatic hydroxyl groups is 2. The lowest BCUT2D eigenvalue weighted by molar-refractivity contribution is 0.00200. The van der Waals surface area contributed by atoms with Crippen LogP contribution in [-0.2, 0) is 11.3 Å². The maximum Gasteiger partial charge on any atom is 0.0900 e. The van der Waals surface area contributed by atoms with Crippen LogP contribution in [-0.4, -0.2) is 53.6 Å². The summed E-state index contributed by atoms with van der Waals surface area (Å²) in [5, 5.41) is 19.4. The molecule has 0 aliphatic carbocycles. The van der Waals surface area contributed by atoms with Crippen molar-refractivity contribution in [3.63, 3.8) is 0 Å². The lowest BCUT2D eigenvalue weighted by Gasteiger charge is -2.27. The summed E-state index contributed by atoms with van der Waals surface area (Å²) >= 11 is 0. The number of aliphatic hydroxyl groups excluding tert-OH is 2. The maximum absolute atomic E-state index is 10.0. The van der Waals surface area contributed by atoms with E-state index in [0.717, 1.165) is 18.5 Å². The van der Waals surface area contributed by atoms with Gasteiger partial charge in [0.25, 0.3) is 0 Å². The van der Waals surface area contributed by atoms with Crippen LogP contribution in [0.25, 0.3) is 0 Å². The van der Waals surface area contributed by atoms with Crippen molar-refractivity contribution in [2.75, 3.05) is 26.3 Å². The summed E-state index contributed by atoms with van der Waals surface area (Å²) in [5.41, 5.74) is 1.11. The average molecular weight is 279 g/mol. The van der Waals surface area contributed by atoms with Crippen molar-refractivity contribution in [2.45, 2.75) is 32.1 Å². The molecule has 3 unspecified atom stereocenters. The fourth-order valence-electron chi connectivity index (χ4n) is 2.82. The molecule has 0 amide bonds. The van der Waals surface area contributed by atoms with Gasteiger partial charge in [-0.25, -0.2) is 0 Å². The van der Waals surface area contributed by atoms with Gasteiger partial charge >= 0.3 is 0 Å². The van der Waals surface area contributed by atoms with Gasteiger partial charge in [-0.05, 0) is 24.4 Å². The van der Waals surface area contributed by atoms with Gasteiger partial charge in [0.1, 0.15) is 0 Å². The van der Waals surface area contributed by atoms with E-state index in [1.807, 2.05) is 30.3 Å². The van der Waals surface area contributed by atoms with Crippen LogP contribution in [0.1, 0.15) is 18.9 Å². The Morgan fingerprint density at radius 2 is 2.10 bits per heavy atom. The Morgan fingerprint density at radius 1 is 1.35 bits per heavy atom. The molecule has 2 N–H and O–H groups in total. The predicted octanol–water partition coefficient (Wildman–Crippen LogP) is 1.27. The van der Waals surface area contributed by atoms with Crippen molar-refractivity contribution >= 4 is 0 Å². The molecule has 4 nitrogen and oxygen atoms in total. The van der Waals surface area contributed by atoms with Crippen molar-refractivity contribution in [3.8, 4) is 0 Å². The summed E-state index contributed by atoms with van der Waals surface area (Å²) in [6, 6.07) is 10.1. The van der Waals surface area contributed by atoms with Gasteiger partial charge in [-0.3, -0.25) is 4.90 Å². The molecule has 1 aromatic rings. The molecule has 20 heavy (non-hydrogen) atoms. The minimum atomic E-state index is -0.502. The lowest BCUT2D eigenvalue weighted by Crippen LogP contribution is -2.41. The fourth-order valence-corrected chi connectivity index (χ4v) is 2.82. The van der Waals surface area contributed by atoms with E-state index in [4.69, 9.17) is 4.74 Å². The molecule has 4 heteroatoms. The quantitative estimate of drug-likeness (QED) is 0.789. The van der Waals surface area contributed by atoms with Crippen LogP contribution in [0.5, 0.6) is 0 Å². The van der Waals surface area contributed by atoms with E-state index in [2.05, 4.69) is 11.8 Å². The first-order valence-electron chi connectivity index (χ1n) is 7.35. The summed E-state index contributed by atoms with van der Waals surface area (Å²) < 4.78 is 5.55. The fraction of sp³-hybridized carbons (Fsp3) is 0.625. The molecule has 1 heterocycles. The third-order valence-electron chi connectivity index (χ3n) is 4.05. The van der Waals surface area contributed by atoms with Crippen LogP contribution in [0.15, 0.2) is 30.3 Å². The second kappa shape index (κ2) is 7.74. The minimum Gasteiger partial charge on any atom is -0.395 e. The van der Waals surface area contributed by atoms with Crippen molar-refractivity contribution in [1.29, 1.82) is 0 Å². The SMILES string of the molecule is CC1CCN(CC(O)COCc2ccccc2)C1CO. The summed E-state index contributed by atoms with van der Waals surface area (Å²) in [4.78, 5) is 2.17. The second-order valence-electron chi connectivity index (χ2n) is 5.67. The van der Waals surface area contributed by atoms with Gasteiger partial charge < -0.3 is 14.9 Å². The Labute approximate surface area is 121 Å². The molecule has 0 aromatic heterocycles. The van der Waals surface area contributed by atoms with Gasteiger partial charge in [-0.2, -0.15) is 0 Å². The Hall–Kier alpha value is -0.940. The van der Waals surface area contributed by atoms with E-state index in [-0.39, 0.29) is 12.6 Å². The van der Waals surface area contributed by atoms with E-state index in [1.54, 1.807) is 0 Å². The van der Waals surface area contributed by atoms with Gasteiger partial charge in [0.2, 0.25) is 0 Å². The van der Waals surface area contributed by atoms with Crippen LogP contribution in [0.2, 0.25) is 0 Å². The van der Waals surface area contributed by atoms with E-state index in [1.165, 1.54) is 0 Å². The Kier molecular flexibility index (Phi) is 5.98. The molecule has 3 atom stereocenters. The molecule has 0 spiro atoms. The number of benzene rings is 1. The van der Waals surface area contributed by atoms with Crippen LogP contribution < -0.4 is 0 Å². The van der Waals surface area contributed by atoms with E-state index < -0.39 is 6.10 Å². The van der Waals surface area contributed by atoms with E-state index >= 15 is 0 Å². The number of hydrogen-bond acceptors (Lipinski definition) is 4. The Bertz CT molecular complexity index is 385. The number of rotatable bonds is 7. The van der Waals surface area contributed by atoms with Gasteiger partial charge in [0.05, 0.1) is 25.9 Å². The molecule has 1 aliphatic rings. The molecule has 0 bridgehead atoms. The third kappa shape index (κ3) is 4.28. The highest BCUT2D eigenvalue weighted by molar-refractivity contribution is 5.13. The van der Waals surface area contributed by atoms with Gasteiger partial charge in [-0.1, -0.05) is 37.3 Å². The van der Waals surface area contributed by atoms with Crippen LogP contribution in [0.4, 0.5) is 0 Å². The molecule has 1 saturated heterocycles. The molecular formula is C16H25NO3. The average Bonchev–Trinajstić information content (AvgIpc) is 2.80. The monoisotopic (exact) mass is 279 g/mol. The highest BCUT2D eigenvalue weighted by Gasteiger charge is 2.31. The molecule has 112 valence electrons. The summed E-state index contributed by atoms with van der Waals surface area (Å²) in [5.74, 6) is 0.498. The summed E-state index contributed by atoms with van der Waals surface area (Å²) in [6.07, 6.45) is 0.584. The highest BCUT2D eigenvalue weighted by Crippen LogP contribution is 2.23. The zero-order chi connectivity index (χ0) is 14.4. The summed E-state index contributed by atoms with van der Waals surface area (Å²) in [6.45, 7) is 4.69. The number of nitrogens with zero attached hydrogens (tertiary/aromatic N) is 1. The predicted molar refractivity (Wildman–Crippen MR) is 78.3 cm³/mol. The molecule has 0 saturated carbocycles. The molecule has 1 fully saturated rings. The third-order valence-corrected chi connectivity index (χ3v) is 4.05. The highest BCUT2D eigenvalue weighted by atomic mass is 16.5. The number of ether oxygens (including phenoxy) is 1. The van der Waals surface area contributed by atoms with Gasteiger partial charge in [0, 0.05) is 12.6 Å². The number of likely N-dealkylation sites (tertiary alicyclic amines) is 1.